The van der Waals surface area contributed by atoms with Crippen LogP contribution in [0, 0.1) is 5.82 Å². The minimum absolute atomic E-state index is 0.157. The molecule has 3 heteroatoms. The summed E-state index contributed by atoms with van der Waals surface area (Å²) in [4.78, 5) is 0. The Morgan fingerprint density at radius 1 is 1.46 bits per heavy atom. The average Bonchev–Trinajstić information content (AvgIpc) is 2.47. The van der Waals surface area contributed by atoms with Crippen molar-refractivity contribution in [3.63, 3.8) is 0 Å². The molecule has 2 aromatic rings. The van der Waals surface area contributed by atoms with Crippen LogP contribution in [0.4, 0.5) is 4.39 Å². The first kappa shape index (κ1) is 8.97. The molecule has 68 valence electrons. The molecule has 1 heterocycles. The highest BCUT2D eigenvalue weighted by Gasteiger charge is 2.06. The van der Waals surface area contributed by atoms with E-state index in [1.165, 1.54) is 6.07 Å². The minimum atomic E-state index is -0.157. The molecule has 0 atom stereocenters. The molecule has 0 fully saturated rings. The second kappa shape index (κ2) is 3.28. The lowest BCUT2D eigenvalue weighted by Gasteiger charge is -1.99. The smallest absolute Gasteiger partial charge is 0.127 e. The second-order valence-electron chi connectivity index (χ2n) is 2.88. The standard InChI is InChI=1S/C10H8ClFS/c1-2-6-3-10-7(4-9(6)12)8(11)5-13-10/h3-5H,2H2,1H3. The predicted octanol–water partition coefficient (Wildman–Crippen LogP) is 4.26. The third kappa shape index (κ3) is 1.45. The number of thiophene rings is 1. The van der Waals surface area contributed by atoms with E-state index in [0.717, 1.165) is 22.1 Å². The quantitative estimate of drug-likeness (QED) is 0.666. The molecular weight excluding hydrogens is 207 g/mol. The molecule has 13 heavy (non-hydrogen) atoms. The third-order valence-electron chi connectivity index (χ3n) is 2.08. The van der Waals surface area contributed by atoms with E-state index in [0.29, 0.717) is 5.02 Å². The molecule has 0 radical (unpaired) electrons. The number of fused-ring (bicyclic) bond motifs is 1. The van der Waals surface area contributed by atoms with Crippen LogP contribution in [0.25, 0.3) is 10.1 Å². The maximum Gasteiger partial charge on any atom is 0.127 e. The molecule has 0 N–H and O–H groups in total. The van der Waals surface area contributed by atoms with Gasteiger partial charge in [-0.25, -0.2) is 4.39 Å². The number of hydrogen-bond donors (Lipinski definition) is 0. The summed E-state index contributed by atoms with van der Waals surface area (Å²) in [6.07, 6.45) is 0.720. The highest BCUT2D eigenvalue weighted by molar-refractivity contribution is 7.17. The number of rotatable bonds is 1. The summed E-state index contributed by atoms with van der Waals surface area (Å²) in [5.74, 6) is -0.157. The van der Waals surface area contributed by atoms with Gasteiger partial charge in [0.25, 0.3) is 0 Å². The van der Waals surface area contributed by atoms with Crippen LogP contribution in [0.5, 0.6) is 0 Å². The molecule has 0 aliphatic rings. The summed E-state index contributed by atoms with van der Waals surface area (Å²) < 4.78 is 14.4. The van der Waals surface area contributed by atoms with E-state index in [-0.39, 0.29) is 5.82 Å². The molecule has 0 saturated heterocycles. The van der Waals surface area contributed by atoms with Crippen molar-refractivity contribution in [2.24, 2.45) is 0 Å². The van der Waals surface area contributed by atoms with Crippen molar-refractivity contribution in [1.29, 1.82) is 0 Å². The minimum Gasteiger partial charge on any atom is -0.207 e. The summed E-state index contributed by atoms with van der Waals surface area (Å²) in [5.41, 5.74) is 0.756. The molecule has 0 saturated carbocycles. The lowest BCUT2D eigenvalue weighted by molar-refractivity contribution is 0.614. The maximum atomic E-state index is 13.3. The largest absolute Gasteiger partial charge is 0.207 e. The van der Waals surface area contributed by atoms with E-state index in [1.807, 2.05) is 18.4 Å². The molecule has 0 amide bonds. The molecule has 0 aliphatic carbocycles. The maximum absolute atomic E-state index is 13.3. The zero-order valence-electron chi connectivity index (χ0n) is 7.10. The van der Waals surface area contributed by atoms with Gasteiger partial charge in [0.15, 0.2) is 0 Å². The Labute approximate surface area is 85.0 Å². The Morgan fingerprint density at radius 2 is 2.23 bits per heavy atom. The van der Waals surface area contributed by atoms with E-state index in [9.17, 15) is 4.39 Å². The molecule has 2 rings (SSSR count). The summed E-state index contributed by atoms with van der Waals surface area (Å²) >= 11 is 7.44. The van der Waals surface area contributed by atoms with E-state index >= 15 is 0 Å². The van der Waals surface area contributed by atoms with Gasteiger partial charge < -0.3 is 0 Å². The average molecular weight is 215 g/mol. The number of benzene rings is 1. The van der Waals surface area contributed by atoms with Crippen LogP contribution in [0.1, 0.15) is 12.5 Å². The van der Waals surface area contributed by atoms with Crippen LogP contribution in [0.3, 0.4) is 0 Å². The van der Waals surface area contributed by atoms with Gasteiger partial charge in [-0.2, -0.15) is 0 Å². The van der Waals surface area contributed by atoms with Gasteiger partial charge in [-0.1, -0.05) is 18.5 Å². The molecule has 1 aromatic heterocycles. The summed E-state index contributed by atoms with van der Waals surface area (Å²) in [5, 5.41) is 3.30. The Kier molecular flexibility index (Phi) is 2.26. The molecule has 1 aromatic carbocycles. The van der Waals surface area contributed by atoms with Gasteiger partial charge in [-0.05, 0) is 24.1 Å². The highest BCUT2D eigenvalue weighted by atomic mass is 35.5. The number of halogens is 2. The van der Waals surface area contributed by atoms with Crippen LogP contribution in [0.2, 0.25) is 5.02 Å². The molecule has 0 spiro atoms. The van der Waals surface area contributed by atoms with Crippen molar-refractivity contribution >= 4 is 33.0 Å². The van der Waals surface area contributed by atoms with Crippen molar-refractivity contribution in [2.75, 3.05) is 0 Å². The van der Waals surface area contributed by atoms with Crippen LogP contribution in [0.15, 0.2) is 17.5 Å². The second-order valence-corrected chi connectivity index (χ2v) is 4.20. The monoisotopic (exact) mass is 214 g/mol. The van der Waals surface area contributed by atoms with Crippen molar-refractivity contribution < 1.29 is 4.39 Å². The zero-order valence-corrected chi connectivity index (χ0v) is 8.68. The first-order valence-electron chi connectivity index (χ1n) is 4.07. The Bertz CT molecular complexity index is 447. The van der Waals surface area contributed by atoms with Crippen LogP contribution in [-0.2, 0) is 6.42 Å². The van der Waals surface area contributed by atoms with Crippen molar-refractivity contribution in [3.8, 4) is 0 Å². The van der Waals surface area contributed by atoms with Crippen LogP contribution in [-0.4, -0.2) is 0 Å². The van der Waals surface area contributed by atoms with Gasteiger partial charge >= 0.3 is 0 Å². The molecule has 0 bridgehead atoms. The van der Waals surface area contributed by atoms with E-state index in [2.05, 4.69) is 0 Å². The Balaban J connectivity index is 2.76. The van der Waals surface area contributed by atoms with Crippen LogP contribution < -0.4 is 0 Å². The zero-order chi connectivity index (χ0) is 9.42. The van der Waals surface area contributed by atoms with Crippen LogP contribution >= 0.6 is 22.9 Å². The summed E-state index contributed by atoms with van der Waals surface area (Å²) in [7, 11) is 0. The van der Waals surface area contributed by atoms with E-state index < -0.39 is 0 Å². The number of aryl methyl sites for hydroxylation is 1. The van der Waals surface area contributed by atoms with Crippen molar-refractivity contribution in [3.05, 3.63) is 33.9 Å². The van der Waals surface area contributed by atoms with Gasteiger partial charge in [0.1, 0.15) is 5.82 Å². The lowest BCUT2D eigenvalue weighted by atomic mass is 10.1. The Morgan fingerprint density at radius 3 is 2.92 bits per heavy atom. The third-order valence-corrected chi connectivity index (χ3v) is 3.46. The van der Waals surface area contributed by atoms with E-state index in [1.54, 1.807) is 11.3 Å². The van der Waals surface area contributed by atoms with Gasteiger partial charge in [-0.15, -0.1) is 11.3 Å². The summed E-state index contributed by atoms with van der Waals surface area (Å²) in [6, 6.07) is 3.40. The van der Waals surface area contributed by atoms with E-state index in [4.69, 9.17) is 11.6 Å². The lowest BCUT2D eigenvalue weighted by Crippen LogP contribution is -1.85. The topological polar surface area (TPSA) is 0 Å². The fraction of sp³-hybridized carbons (Fsp3) is 0.200. The van der Waals surface area contributed by atoms with Gasteiger partial charge in [0.2, 0.25) is 0 Å². The first-order valence-corrected chi connectivity index (χ1v) is 5.33. The molecular formula is C10H8ClFS. The van der Waals surface area contributed by atoms with Crippen molar-refractivity contribution in [1.82, 2.24) is 0 Å². The Hall–Kier alpha value is -0.600. The first-order chi connectivity index (χ1) is 6.22. The fourth-order valence-electron chi connectivity index (χ4n) is 1.33. The summed E-state index contributed by atoms with van der Waals surface area (Å²) in [6.45, 7) is 1.94. The molecule has 0 nitrogen and oxygen atoms in total. The van der Waals surface area contributed by atoms with Gasteiger partial charge in [-0.3, -0.25) is 0 Å². The van der Waals surface area contributed by atoms with Gasteiger partial charge in [0, 0.05) is 15.5 Å². The number of hydrogen-bond acceptors (Lipinski definition) is 1. The SMILES string of the molecule is CCc1cc2scc(Cl)c2cc1F. The highest BCUT2D eigenvalue weighted by Crippen LogP contribution is 2.31. The van der Waals surface area contributed by atoms with Crippen molar-refractivity contribution in [2.45, 2.75) is 13.3 Å². The fourth-order valence-corrected chi connectivity index (χ4v) is 2.54. The molecule has 0 unspecified atom stereocenters. The predicted molar refractivity (Wildman–Crippen MR) is 56.2 cm³/mol. The normalized spacial score (nSPS) is 11.0. The molecule has 0 aliphatic heterocycles. The van der Waals surface area contributed by atoms with Gasteiger partial charge in [0.05, 0.1) is 5.02 Å².